The molecule has 3 heteroatoms. The van der Waals surface area contributed by atoms with Gasteiger partial charge < -0.3 is 10.3 Å². The van der Waals surface area contributed by atoms with Gasteiger partial charge in [-0.25, -0.2) is 4.98 Å². The number of nitrogens with zero attached hydrogens (tertiary/aromatic N) is 2. The maximum absolute atomic E-state index is 5.59. The molecule has 0 amide bonds. The molecule has 1 aromatic rings. The van der Waals surface area contributed by atoms with Crippen LogP contribution in [0.3, 0.4) is 0 Å². The second-order valence-corrected chi connectivity index (χ2v) is 3.49. The van der Waals surface area contributed by atoms with Gasteiger partial charge in [-0.05, 0) is 26.2 Å². The van der Waals surface area contributed by atoms with E-state index in [0.29, 0.717) is 12.6 Å². The number of rotatable bonds is 1. The second-order valence-electron chi connectivity index (χ2n) is 3.49. The average Bonchev–Trinajstić information content (AvgIpc) is 2.49. The van der Waals surface area contributed by atoms with E-state index in [1.54, 1.807) is 0 Å². The summed E-state index contributed by atoms with van der Waals surface area (Å²) in [5.41, 5.74) is 8.03. The Kier molecular flexibility index (Phi) is 1.89. The first-order valence-corrected chi connectivity index (χ1v) is 4.57. The van der Waals surface area contributed by atoms with Crippen LogP contribution in [0, 0.1) is 0 Å². The molecule has 3 nitrogen and oxygen atoms in total. The Balaban J connectivity index is 2.41. The summed E-state index contributed by atoms with van der Waals surface area (Å²) < 4.78 is 2.27. The predicted molar refractivity (Wildman–Crippen MR) is 47.8 cm³/mol. The van der Waals surface area contributed by atoms with Crippen LogP contribution in [0.4, 0.5) is 0 Å². The molecule has 0 fully saturated rings. The van der Waals surface area contributed by atoms with Crippen molar-refractivity contribution in [2.75, 3.05) is 0 Å². The number of hydrogen-bond acceptors (Lipinski definition) is 2. The molecule has 2 N–H and O–H groups in total. The molecule has 2 rings (SSSR count). The summed E-state index contributed by atoms with van der Waals surface area (Å²) in [6, 6.07) is 0.613. The summed E-state index contributed by atoms with van der Waals surface area (Å²) in [7, 11) is 0. The van der Waals surface area contributed by atoms with Crippen molar-refractivity contribution in [2.24, 2.45) is 5.73 Å². The summed E-state index contributed by atoms with van der Waals surface area (Å²) >= 11 is 0. The number of hydrogen-bond donors (Lipinski definition) is 1. The molecular formula is C9H15N3. The molecule has 1 aliphatic rings. The summed E-state index contributed by atoms with van der Waals surface area (Å²) in [6.07, 6.45) is 5.63. The van der Waals surface area contributed by atoms with Crippen LogP contribution in [-0.4, -0.2) is 9.55 Å². The highest BCUT2D eigenvalue weighted by Crippen LogP contribution is 2.25. The fraction of sp³-hybridized carbons (Fsp3) is 0.667. The van der Waals surface area contributed by atoms with Crippen LogP contribution in [0.5, 0.6) is 0 Å². The fourth-order valence-corrected chi connectivity index (χ4v) is 1.95. The summed E-state index contributed by atoms with van der Waals surface area (Å²) in [5, 5.41) is 0. The normalized spacial score (nSPS) is 22.3. The van der Waals surface area contributed by atoms with E-state index in [1.807, 2.05) is 6.33 Å². The Labute approximate surface area is 72.6 Å². The monoisotopic (exact) mass is 165 g/mol. The zero-order valence-electron chi connectivity index (χ0n) is 7.45. The van der Waals surface area contributed by atoms with Gasteiger partial charge in [-0.15, -0.1) is 0 Å². The lowest BCUT2D eigenvalue weighted by Crippen LogP contribution is -2.15. The minimum atomic E-state index is 0.578. The third kappa shape index (κ3) is 1.05. The molecule has 1 aliphatic heterocycles. The highest BCUT2D eigenvalue weighted by atomic mass is 15.1. The van der Waals surface area contributed by atoms with E-state index in [4.69, 9.17) is 5.73 Å². The molecule has 0 saturated carbocycles. The molecule has 66 valence electrons. The molecule has 0 saturated heterocycles. The SMILES string of the molecule is CC1CCCc2c(CN)ncn21. The highest BCUT2D eigenvalue weighted by molar-refractivity contribution is 5.15. The average molecular weight is 165 g/mol. The van der Waals surface area contributed by atoms with Crippen molar-refractivity contribution in [3.8, 4) is 0 Å². The van der Waals surface area contributed by atoms with E-state index in [9.17, 15) is 0 Å². The third-order valence-electron chi connectivity index (χ3n) is 2.69. The number of imidazole rings is 1. The Hall–Kier alpha value is -0.830. The Morgan fingerprint density at radius 1 is 1.75 bits per heavy atom. The van der Waals surface area contributed by atoms with Gasteiger partial charge in [0.15, 0.2) is 0 Å². The fourth-order valence-electron chi connectivity index (χ4n) is 1.95. The molecule has 0 aliphatic carbocycles. The van der Waals surface area contributed by atoms with Gasteiger partial charge in [0.05, 0.1) is 12.0 Å². The molecule has 12 heavy (non-hydrogen) atoms. The quantitative estimate of drug-likeness (QED) is 0.680. The first-order chi connectivity index (χ1) is 5.83. The van der Waals surface area contributed by atoms with Gasteiger partial charge in [0, 0.05) is 18.3 Å². The predicted octanol–water partition coefficient (Wildman–Crippen LogP) is 1.24. The van der Waals surface area contributed by atoms with Crippen molar-refractivity contribution < 1.29 is 0 Å². The molecule has 1 aromatic heterocycles. The van der Waals surface area contributed by atoms with E-state index in [0.717, 1.165) is 12.1 Å². The van der Waals surface area contributed by atoms with Crippen molar-refractivity contribution in [3.63, 3.8) is 0 Å². The molecule has 0 radical (unpaired) electrons. The smallest absolute Gasteiger partial charge is 0.0954 e. The van der Waals surface area contributed by atoms with Crippen LogP contribution in [0.25, 0.3) is 0 Å². The maximum Gasteiger partial charge on any atom is 0.0954 e. The van der Waals surface area contributed by atoms with Crippen molar-refractivity contribution in [3.05, 3.63) is 17.7 Å². The van der Waals surface area contributed by atoms with Crippen LogP contribution in [0.15, 0.2) is 6.33 Å². The Morgan fingerprint density at radius 2 is 2.58 bits per heavy atom. The summed E-state index contributed by atoms with van der Waals surface area (Å²) in [6.45, 7) is 2.82. The van der Waals surface area contributed by atoms with Gasteiger partial charge in [-0.3, -0.25) is 0 Å². The third-order valence-corrected chi connectivity index (χ3v) is 2.69. The van der Waals surface area contributed by atoms with E-state index in [-0.39, 0.29) is 0 Å². The van der Waals surface area contributed by atoms with E-state index < -0.39 is 0 Å². The summed E-state index contributed by atoms with van der Waals surface area (Å²) in [5.74, 6) is 0. The molecule has 0 aromatic carbocycles. The number of fused-ring (bicyclic) bond motifs is 1. The first kappa shape index (κ1) is 7.80. The molecule has 1 atom stereocenters. The first-order valence-electron chi connectivity index (χ1n) is 4.57. The molecule has 0 bridgehead atoms. The second kappa shape index (κ2) is 2.90. The van der Waals surface area contributed by atoms with E-state index in [2.05, 4.69) is 16.5 Å². The topological polar surface area (TPSA) is 43.8 Å². The zero-order chi connectivity index (χ0) is 8.55. The zero-order valence-corrected chi connectivity index (χ0v) is 7.45. The summed E-state index contributed by atoms with van der Waals surface area (Å²) in [4.78, 5) is 4.30. The lowest BCUT2D eigenvalue weighted by molar-refractivity contribution is 0.430. The van der Waals surface area contributed by atoms with Gasteiger partial charge in [-0.1, -0.05) is 0 Å². The van der Waals surface area contributed by atoms with Crippen molar-refractivity contribution in [1.82, 2.24) is 9.55 Å². The van der Waals surface area contributed by atoms with Crippen molar-refractivity contribution >= 4 is 0 Å². The van der Waals surface area contributed by atoms with Gasteiger partial charge in [0.1, 0.15) is 0 Å². The molecular weight excluding hydrogens is 150 g/mol. The highest BCUT2D eigenvalue weighted by Gasteiger charge is 2.18. The van der Waals surface area contributed by atoms with Crippen molar-refractivity contribution in [2.45, 2.75) is 38.8 Å². The van der Waals surface area contributed by atoms with E-state index >= 15 is 0 Å². The number of aromatic nitrogens is 2. The molecule has 2 heterocycles. The Bertz CT molecular complexity index is 277. The largest absolute Gasteiger partial charge is 0.331 e. The minimum absolute atomic E-state index is 0.578. The Morgan fingerprint density at radius 3 is 3.33 bits per heavy atom. The van der Waals surface area contributed by atoms with Gasteiger partial charge in [-0.2, -0.15) is 0 Å². The van der Waals surface area contributed by atoms with E-state index in [1.165, 1.54) is 18.5 Å². The van der Waals surface area contributed by atoms with Crippen LogP contribution in [0.1, 0.15) is 37.2 Å². The maximum atomic E-state index is 5.59. The van der Waals surface area contributed by atoms with Crippen molar-refractivity contribution in [1.29, 1.82) is 0 Å². The number of nitrogens with two attached hydrogens (primary N) is 1. The van der Waals surface area contributed by atoms with Gasteiger partial charge >= 0.3 is 0 Å². The minimum Gasteiger partial charge on any atom is -0.331 e. The van der Waals surface area contributed by atoms with Crippen LogP contribution in [0.2, 0.25) is 0 Å². The van der Waals surface area contributed by atoms with Crippen LogP contribution < -0.4 is 5.73 Å². The molecule has 1 unspecified atom stereocenters. The van der Waals surface area contributed by atoms with Crippen LogP contribution in [-0.2, 0) is 13.0 Å². The van der Waals surface area contributed by atoms with Crippen LogP contribution >= 0.6 is 0 Å². The lowest BCUT2D eigenvalue weighted by atomic mass is 10.0. The lowest BCUT2D eigenvalue weighted by Gasteiger charge is -2.22. The molecule has 0 spiro atoms. The van der Waals surface area contributed by atoms with Gasteiger partial charge in [0.25, 0.3) is 0 Å². The van der Waals surface area contributed by atoms with Gasteiger partial charge in [0.2, 0.25) is 0 Å². The standard InChI is InChI=1S/C9H15N3/c1-7-3-2-4-9-8(5-10)11-6-12(7)9/h6-7H,2-5,10H2,1H3.